The molecule has 2 heterocycles. The van der Waals surface area contributed by atoms with Crippen LogP contribution in [0.1, 0.15) is 44.2 Å². The standard InChI is InChI=1S/C24H24FN3O4/c1-3-19-24(30)28-18-9-8-15(12-20(18)31-19)14(2)27-22(29)10-11-23-26-13-21(32-23)16-6-4-5-7-17(16)25/h4-9,12-14,19H,3,10-11H2,1-2H3,(H,27,29)(H,28,30). The van der Waals surface area contributed by atoms with Gasteiger partial charge in [0.1, 0.15) is 11.6 Å². The molecule has 0 spiro atoms. The number of rotatable bonds is 7. The van der Waals surface area contributed by atoms with Gasteiger partial charge in [-0.15, -0.1) is 0 Å². The van der Waals surface area contributed by atoms with Crippen molar-refractivity contribution in [3.05, 3.63) is 65.9 Å². The second kappa shape index (κ2) is 9.21. The van der Waals surface area contributed by atoms with E-state index in [1.54, 1.807) is 24.3 Å². The Kier molecular flexibility index (Phi) is 6.20. The van der Waals surface area contributed by atoms with Crippen molar-refractivity contribution in [3.8, 4) is 17.1 Å². The van der Waals surface area contributed by atoms with Gasteiger partial charge in [0.15, 0.2) is 17.8 Å². The molecular weight excluding hydrogens is 413 g/mol. The van der Waals surface area contributed by atoms with E-state index in [9.17, 15) is 14.0 Å². The molecule has 1 aliphatic rings. The summed E-state index contributed by atoms with van der Waals surface area (Å²) < 4.78 is 25.3. The third-order valence-electron chi connectivity index (χ3n) is 5.33. The molecule has 2 amide bonds. The summed E-state index contributed by atoms with van der Waals surface area (Å²) in [5.41, 5.74) is 1.82. The number of halogens is 1. The molecule has 1 aromatic heterocycles. The van der Waals surface area contributed by atoms with Gasteiger partial charge >= 0.3 is 0 Å². The topological polar surface area (TPSA) is 93.5 Å². The number of aromatic nitrogens is 1. The summed E-state index contributed by atoms with van der Waals surface area (Å²) in [6.07, 6.45) is 1.99. The van der Waals surface area contributed by atoms with Gasteiger partial charge in [0, 0.05) is 12.8 Å². The maximum atomic E-state index is 13.9. The van der Waals surface area contributed by atoms with Crippen LogP contribution in [0.2, 0.25) is 0 Å². The Morgan fingerprint density at radius 2 is 2.09 bits per heavy atom. The first-order valence-corrected chi connectivity index (χ1v) is 10.5. The first-order valence-electron chi connectivity index (χ1n) is 10.5. The van der Waals surface area contributed by atoms with E-state index in [1.807, 2.05) is 26.0 Å². The third-order valence-corrected chi connectivity index (χ3v) is 5.33. The number of nitrogens with zero attached hydrogens (tertiary/aromatic N) is 1. The number of fused-ring (bicyclic) bond motifs is 1. The predicted octanol–water partition coefficient (Wildman–Crippen LogP) is 4.40. The Bertz CT molecular complexity index is 1140. The number of amides is 2. The molecule has 0 fully saturated rings. The molecule has 0 saturated carbocycles. The van der Waals surface area contributed by atoms with Crippen LogP contribution in [0.15, 0.2) is 53.1 Å². The van der Waals surface area contributed by atoms with Crippen LogP contribution in [-0.4, -0.2) is 22.9 Å². The van der Waals surface area contributed by atoms with E-state index in [-0.39, 0.29) is 30.1 Å². The zero-order valence-corrected chi connectivity index (χ0v) is 17.9. The van der Waals surface area contributed by atoms with Crippen LogP contribution < -0.4 is 15.4 Å². The molecule has 0 aliphatic carbocycles. The average molecular weight is 437 g/mol. The zero-order valence-electron chi connectivity index (χ0n) is 17.9. The lowest BCUT2D eigenvalue weighted by Crippen LogP contribution is -2.36. The van der Waals surface area contributed by atoms with Crippen molar-refractivity contribution in [2.75, 3.05) is 5.32 Å². The van der Waals surface area contributed by atoms with Crippen molar-refractivity contribution < 1.29 is 23.1 Å². The van der Waals surface area contributed by atoms with Crippen molar-refractivity contribution in [1.82, 2.24) is 10.3 Å². The molecule has 0 bridgehead atoms. The number of benzene rings is 2. The van der Waals surface area contributed by atoms with Gasteiger partial charge < -0.3 is 19.8 Å². The molecule has 2 atom stereocenters. The minimum atomic E-state index is -0.516. The van der Waals surface area contributed by atoms with Crippen LogP contribution in [0, 0.1) is 5.82 Å². The highest BCUT2D eigenvalue weighted by molar-refractivity contribution is 5.97. The van der Waals surface area contributed by atoms with E-state index in [2.05, 4.69) is 15.6 Å². The minimum absolute atomic E-state index is 0.154. The Labute approximate surface area is 185 Å². The molecule has 1 aliphatic heterocycles. The van der Waals surface area contributed by atoms with E-state index in [0.717, 1.165) is 5.56 Å². The summed E-state index contributed by atoms with van der Waals surface area (Å²) in [6.45, 7) is 3.76. The quantitative estimate of drug-likeness (QED) is 0.571. The molecule has 4 rings (SSSR count). The van der Waals surface area contributed by atoms with Crippen molar-refractivity contribution in [1.29, 1.82) is 0 Å². The van der Waals surface area contributed by atoms with Crippen LogP contribution in [-0.2, 0) is 16.0 Å². The monoisotopic (exact) mass is 437 g/mol. The number of hydrogen-bond donors (Lipinski definition) is 2. The molecule has 3 aromatic rings. The highest BCUT2D eigenvalue weighted by Crippen LogP contribution is 2.33. The molecule has 0 radical (unpaired) electrons. The fraction of sp³-hybridized carbons (Fsp3) is 0.292. The molecule has 2 aromatic carbocycles. The fourth-order valence-corrected chi connectivity index (χ4v) is 3.53. The summed E-state index contributed by atoms with van der Waals surface area (Å²) in [5, 5.41) is 5.77. The molecule has 0 saturated heterocycles. The Morgan fingerprint density at radius 3 is 2.88 bits per heavy atom. The zero-order chi connectivity index (χ0) is 22.7. The highest BCUT2D eigenvalue weighted by Gasteiger charge is 2.26. The van der Waals surface area contributed by atoms with Gasteiger partial charge in [0.2, 0.25) is 5.91 Å². The summed E-state index contributed by atoms with van der Waals surface area (Å²) in [5.74, 6) is 0.587. The summed E-state index contributed by atoms with van der Waals surface area (Å²) in [6, 6.07) is 11.5. The van der Waals surface area contributed by atoms with Gasteiger partial charge in [0.25, 0.3) is 5.91 Å². The van der Waals surface area contributed by atoms with Gasteiger partial charge in [-0.05, 0) is 43.2 Å². The maximum absolute atomic E-state index is 13.9. The van der Waals surface area contributed by atoms with E-state index in [1.165, 1.54) is 12.3 Å². The van der Waals surface area contributed by atoms with Gasteiger partial charge in [-0.1, -0.05) is 25.1 Å². The van der Waals surface area contributed by atoms with Gasteiger partial charge in [-0.2, -0.15) is 0 Å². The maximum Gasteiger partial charge on any atom is 0.265 e. The van der Waals surface area contributed by atoms with Gasteiger partial charge in [-0.3, -0.25) is 9.59 Å². The molecule has 32 heavy (non-hydrogen) atoms. The lowest BCUT2D eigenvalue weighted by atomic mass is 10.1. The number of aryl methyl sites for hydroxylation is 1. The normalized spacial score (nSPS) is 16.0. The number of oxazole rings is 1. The number of anilines is 1. The summed E-state index contributed by atoms with van der Waals surface area (Å²) in [4.78, 5) is 28.5. The molecule has 8 heteroatoms. The molecule has 166 valence electrons. The first kappa shape index (κ1) is 21.5. The number of hydrogen-bond acceptors (Lipinski definition) is 5. The SMILES string of the molecule is CCC1Oc2cc(C(C)NC(=O)CCc3ncc(-c4ccccc4F)o3)ccc2NC1=O. The number of carbonyl (C=O) groups excluding carboxylic acids is 2. The van der Waals surface area contributed by atoms with Crippen molar-refractivity contribution >= 4 is 17.5 Å². The van der Waals surface area contributed by atoms with E-state index in [0.29, 0.717) is 41.5 Å². The second-order valence-corrected chi connectivity index (χ2v) is 7.65. The minimum Gasteiger partial charge on any atom is -0.478 e. The fourth-order valence-electron chi connectivity index (χ4n) is 3.53. The van der Waals surface area contributed by atoms with Crippen molar-refractivity contribution in [3.63, 3.8) is 0 Å². The van der Waals surface area contributed by atoms with Crippen molar-refractivity contribution in [2.45, 2.75) is 45.3 Å². The number of ether oxygens (including phenoxy) is 1. The third kappa shape index (κ3) is 4.64. The lowest BCUT2D eigenvalue weighted by Gasteiger charge is -2.26. The largest absolute Gasteiger partial charge is 0.478 e. The Morgan fingerprint density at radius 1 is 1.28 bits per heavy atom. The van der Waals surface area contributed by atoms with E-state index < -0.39 is 6.10 Å². The molecular formula is C24H24FN3O4. The highest BCUT2D eigenvalue weighted by atomic mass is 19.1. The molecule has 2 N–H and O–H groups in total. The first-order chi connectivity index (χ1) is 15.4. The van der Waals surface area contributed by atoms with E-state index in [4.69, 9.17) is 9.15 Å². The number of carbonyl (C=O) groups is 2. The van der Waals surface area contributed by atoms with Crippen LogP contribution in [0.4, 0.5) is 10.1 Å². The van der Waals surface area contributed by atoms with Gasteiger partial charge in [-0.25, -0.2) is 9.37 Å². The molecule has 7 nitrogen and oxygen atoms in total. The average Bonchev–Trinajstić information content (AvgIpc) is 3.26. The predicted molar refractivity (Wildman–Crippen MR) is 117 cm³/mol. The van der Waals surface area contributed by atoms with Gasteiger partial charge in [0.05, 0.1) is 23.5 Å². The van der Waals surface area contributed by atoms with Crippen LogP contribution in [0.3, 0.4) is 0 Å². The second-order valence-electron chi connectivity index (χ2n) is 7.65. The summed E-state index contributed by atoms with van der Waals surface area (Å²) in [7, 11) is 0. The Hall–Kier alpha value is -3.68. The molecule has 2 unspecified atom stereocenters. The van der Waals surface area contributed by atoms with Crippen LogP contribution >= 0.6 is 0 Å². The van der Waals surface area contributed by atoms with E-state index >= 15 is 0 Å². The smallest absolute Gasteiger partial charge is 0.265 e. The van der Waals surface area contributed by atoms with Crippen LogP contribution in [0.25, 0.3) is 11.3 Å². The number of nitrogens with one attached hydrogen (secondary N) is 2. The Balaban J connectivity index is 1.34. The van der Waals surface area contributed by atoms with Crippen molar-refractivity contribution in [2.24, 2.45) is 0 Å². The lowest BCUT2D eigenvalue weighted by molar-refractivity contribution is -0.123. The van der Waals surface area contributed by atoms with Crippen LogP contribution in [0.5, 0.6) is 5.75 Å². The summed E-state index contributed by atoms with van der Waals surface area (Å²) >= 11 is 0.